The Bertz CT molecular complexity index is 585. The van der Waals surface area contributed by atoms with E-state index in [-0.39, 0.29) is 13.0 Å². The summed E-state index contributed by atoms with van der Waals surface area (Å²) in [6.45, 7) is 2.13. The summed E-state index contributed by atoms with van der Waals surface area (Å²) in [5, 5.41) is 9.21. The fourth-order valence-corrected chi connectivity index (χ4v) is 3.68. The molecule has 0 aliphatic carbocycles. The van der Waals surface area contributed by atoms with Gasteiger partial charge in [0.2, 0.25) is 0 Å². The molecule has 0 bridgehead atoms. The molecule has 0 spiro atoms. The highest BCUT2D eigenvalue weighted by Gasteiger charge is 2.41. The summed E-state index contributed by atoms with van der Waals surface area (Å²) in [6.07, 6.45) is 0.838. The molecule has 0 aromatic heterocycles. The molecule has 1 aromatic rings. The zero-order chi connectivity index (χ0) is 14.0. The van der Waals surface area contributed by atoms with Gasteiger partial charge in [0.1, 0.15) is 6.04 Å². The van der Waals surface area contributed by atoms with E-state index in [0.717, 1.165) is 9.87 Å². The number of aliphatic carboxylic acids is 1. The molecule has 1 aliphatic rings. The number of carboxylic acids is 1. The molecule has 1 unspecified atom stereocenters. The number of carbonyl (C=O) groups is 1. The van der Waals surface area contributed by atoms with Crippen LogP contribution >= 0.6 is 0 Å². The summed E-state index contributed by atoms with van der Waals surface area (Å²) in [6, 6.07) is 5.77. The second-order valence-electron chi connectivity index (χ2n) is 4.38. The highest BCUT2D eigenvalue weighted by atomic mass is 32.2. The number of carboxylic acid groups (broad SMARTS) is 1. The summed E-state index contributed by atoms with van der Waals surface area (Å²) < 4.78 is 27.8. The molecule has 7 heteroatoms. The second-order valence-corrected chi connectivity index (χ2v) is 6.01. The average molecular weight is 284 g/mol. The monoisotopic (exact) mass is 284 g/mol. The normalized spacial score (nSPS) is 18.4. The maximum atomic E-state index is 12.2. The van der Waals surface area contributed by atoms with Crippen molar-refractivity contribution in [3.8, 4) is 0 Å². The Morgan fingerprint density at radius 3 is 2.79 bits per heavy atom. The zero-order valence-electron chi connectivity index (χ0n) is 10.5. The lowest BCUT2D eigenvalue weighted by atomic mass is 10.1. The zero-order valence-corrected chi connectivity index (χ0v) is 11.4. The molecule has 0 radical (unpaired) electrons. The van der Waals surface area contributed by atoms with E-state index in [1.54, 1.807) is 24.3 Å². The van der Waals surface area contributed by atoms with Crippen molar-refractivity contribution in [2.45, 2.75) is 25.8 Å². The van der Waals surface area contributed by atoms with E-state index in [0.29, 0.717) is 12.1 Å². The van der Waals surface area contributed by atoms with Crippen LogP contribution in [0.5, 0.6) is 0 Å². The quantitative estimate of drug-likeness (QED) is 0.835. The van der Waals surface area contributed by atoms with Crippen molar-refractivity contribution in [1.29, 1.82) is 0 Å². The number of nitrogens with one attached hydrogen (secondary N) is 1. The molecule has 2 rings (SSSR count). The number of nitrogens with zero attached hydrogens (tertiary/aromatic N) is 1. The van der Waals surface area contributed by atoms with Crippen molar-refractivity contribution < 1.29 is 18.3 Å². The lowest BCUT2D eigenvalue weighted by Crippen LogP contribution is -2.48. The molecule has 0 saturated carbocycles. The minimum absolute atomic E-state index is 0.193. The summed E-state index contributed by atoms with van der Waals surface area (Å²) in [5.41, 5.74) is 1.18. The van der Waals surface area contributed by atoms with Crippen LogP contribution in [-0.2, 0) is 21.4 Å². The van der Waals surface area contributed by atoms with Gasteiger partial charge in [0.25, 0.3) is 0 Å². The molecule has 19 heavy (non-hydrogen) atoms. The Kier molecular flexibility index (Phi) is 3.77. The summed E-state index contributed by atoms with van der Waals surface area (Å²) in [4.78, 5) is 11.3. The topological polar surface area (TPSA) is 86.7 Å². The van der Waals surface area contributed by atoms with E-state index in [9.17, 15) is 18.3 Å². The predicted molar refractivity (Wildman–Crippen MR) is 71.3 cm³/mol. The highest BCUT2D eigenvalue weighted by molar-refractivity contribution is 7.91. The van der Waals surface area contributed by atoms with Crippen LogP contribution in [0.25, 0.3) is 0 Å². The molecule has 1 aromatic carbocycles. The lowest BCUT2D eigenvalue weighted by Gasteiger charge is -2.24. The molecule has 1 aliphatic heterocycles. The number of hydrogen-bond donors (Lipinski definition) is 2. The Morgan fingerprint density at radius 1 is 1.47 bits per heavy atom. The first kappa shape index (κ1) is 13.8. The maximum Gasteiger partial charge on any atom is 0.327 e. The first-order chi connectivity index (χ1) is 8.97. The molecular weight excluding hydrogens is 268 g/mol. The third-order valence-corrected chi connectivity index (χ3v) is 4.54. The van der Waals surface area contributed by atoms with Crippen LogP contribution in [0.4, 0.5) is 5.69 Å². The van der Waals surface area contributed by atoms with Crippen molar-refractivity contribution in [3.05, 3.63) is 29.8 Å². The highest BCUT2D eigenvalue weighted by Crippen LogP contribution is 2.33. The molecule has 0 saturated heterocycles. The van der Waals surface area contributed by atoms with E-state index >= 15 is 0 Å². The minimum Gasteiger partial charge on any atom is -0.480 e. The van der Waals surface area contributed by atoms with Crippen LogP contribution in [0.1, 0.15) is 18.9 Å². The number of para-hydroxylation sites is 1. The Morgan fingerprint density at radius 2 is 2.16 bits per heavy atom. The molecule has 0 amide bonds. The van der Waals surface area contributed by atoms with Crippen molar-refractivity contribution >= 4 is 21.9 Å². The number of fused-ring (bicyclic) bond motifs is 1. The molecule has 1 atom stereocenters. The van der Waals surface area contributed by atoms with Crippen LogP contribution in [0, 0.1) is 0 Å². The van der Waals surface area contributed by atoms with E-state index in [2.05, 4.69) is 4.72 Å². The smallest absolute Gasteiger partial charge is 0.327 e. The van der Waals surface area contributed by atoms with E-state index < -0.39 is 22.2 Å². The van der Waals surface area contributed by atoms with Crippen LogP contribution in [0.2, 0.25) is 0 Å². The fourth-order valence-electron chi connectivity index (χ4n) is 2.14. The van der Waals surface area contributed by atoms with Gasteiger partial charge >= 0.3 is 16.2 Å². The number of benzene rings is 1. The van der Waals surface area contributed by atoms with Crippen molar-refractivity contribution in [1.82, 2.24) is 4.72 Å². The SMILES string of the molecule is CCCNS(=O)(=O)N1c2ccccc2CC1C(=O)O. The summed E-state index contributed by atoms with van der Waals surface area (Å²) in [7, 11) is -3.83. The third-order valence-electron chi connectivity index (χ3n) is 3.00. The summed E-state index contributed by atoms with van der Waals surface area (Å²) >= 11 is 0. The van der Waals surface area contributed by atoms with Gasteiger partial charge in [0.15, 0.2) is 0 Å². The molecular formula is C12H16N2O4S. The van der Waals surface area contributed by atoms with Crippen molar-refractivity contribution in [2.75, 3.05) is 10.8 Å². The van der Waals surface area contributed by atoms with Crippen LogP contribution < -0.4 is 9.03 Å². The Hall–Kier alpha value is -1.60. The second kappa shape index (κ2) is 5.18. The van der Waals surface area contributed by atoms with Crippen molar-refractivity contribution in [2.24, 2.45) is 0 Å². The number of hydrogen-bond acceptors (Lipinski definition) is 3. The van der Waals surface area contributed by atoms with Gasteiger partial charge in [-0.25, -0.2) is 9.10 Å². The molecule has 6 nitrogen and oxygen atoms in total. The van der Waals surface area contributed by atoms with Gasteiger partial charge in [-0.2, -0.15) is 13.1 Å². The van der Waals surface area contributed by atoms with Gasteiger partial charge in [0, 0.05) is 13.0 Å². The molecule has 0 fully saturated rings. The van der Waals surface area contributed by atoms with Crippen LogP contribution in [0.3, 0.4) is 0 Å². The standard InChI is InChI=1S/C12H16N2O4S/c1-2-7-13-19(17,18)14-10-6-4-3-5-9(10)8-11(14)12(15)16/h3-6,11,13H,2,7-8H2,1H3,(H,15,16). The first-order valence-electron chi connectivity index (χ1n) is 6.07. The third kappa shape index (κ3) is 2.57. The predicted octanol–water partition coefficient (Wildman–Crippen LogP) is 0.747. The fraction of sp³-hybridized carbons (Fsp3) is 0.417. The minimum atomic E-state index is -3.83. The van der Waals surface area contributed by atoms with Gasteiger partial charge in [-0.15, -0.1) is 0 Å². The number of rotatable bonds is 5. The van der Waals surface area contributed by atoms with Crippen LogP contribution in [0.15, 0.2) is 24.3 Å². The van der Waals surface area contributed by atoms with Crippen molar-refractivity contribution in [3.63, 3.8) is 0 Å². The van der Waals surface area contributed by atoms with Crippen LogP contribution in [-0.4, -0.2) is 32.1 Å². The molecule has 104 valence electrons. The van der Waals surface area contributed by atoms with Gasteiger partial charge in [-0.1, -0.05) is 25.1 Å². The van der Waals surface area contributed by atoms with Gasteiger partial charge in [0.05, 0.1) is 5.69 Å². The lowest BCUT2D eigenvalue weighted by molar-refractivity contribution is -0.138. The van der Waals surface area contributed by atoms with E-state index in [4.69, 9.17) is 0 Å². The van der Waals surface area contributed by atoms with E-state index in [1.165, 1.54) is 0 Å². The average Bonchev–Trinajstić information content (AvgIpc) is 2.76. The van der Waals surface area contributed by atoms with Gasteiger partial charge < -0.3 is 5.11 Å². The summed E-state index contributed by atoms with van der Waals surface area (Å²) in [5.74, 6) is -1.14. The van der Waals surface area contributed by atoms with Gasteiger partial charge in [-0.05, 0) is 18.1 Å². The number of anilines is 1. The Balaban J connectivity index is 2.42. The first-order valence-corrected chi connectivity index (χ1v) is 7.51. The molecule has 2 N–H and O–H groups in total. The maximum absolute atomic E-state index is 12.2. The van der Waals surface area contributed by atoms with E-state index in [1.807, 2.05) is 6.92 Å². The van der Waals surface area contributed by atoms with Gasteiger partial charge in [-0.3, -0.25) is 0 Å². The largest absolute Gasteiger partial charge is 0.480 e. The molecule has 1 heterocycles. The Labute approximate surface area is 112 Å².